The Labute approximate surface area is 150 Å². The zero-order valence-corrected chi connectivity index (χ0v) is 15.9. The third kappa shape index (κ3) is 3.73. The summed E-state index contributed by atoms with van der Waals surface area (Å²) < 4.78 is 27.5. The number of fused-ring (bicyclic) bond motifs is 1. The summed E-state index contributed by atoms with van der Waals surface area (Å²) in [4.78, 5) is 16.2. The smallest absolute Gasteiger partial charge is 0.243 e. The molecule has 138 valence electrons. The summed E-state index contributed by atoms with van der Waals surface area (Å²) in [6.45, 7) is 8.07. The molecule has 0 N–H and O–H groups in total. The van der Waals surface area contributed by atoms with Crippen LogP contribution >= 0.6 is 0 Å². The first-order chi connectivity index (χ1) is 11.9. The normalized spacial score (nSPS) is 19.7. The first-order valence-electron chi connectivity index (χ1n) is 9.07. The molecule has 0 atom stereocenters. The van der Waals surface area contributed by atoms with Gasteiger partial charge in [0.25, 0.3) is 0 Å². The number of amides is 1. The third-order valence-electron chi connectivity index (χ3n) is 5.06. The molecule has 3 rings (SSSR count). The van der Waals surface area contributed by atoms with Crippen molar-refractivity contribution in [1.29, 1.82) is 0 Å². The Bertz CT molecular complexity index is 740. The molecule has 1 saturated heterocycles. The Morgan fingerprint density at radius 3 is 2.48 bits per heavy atom. The van der Waals surface area contributed by atoms with Crippen LogP contribution in [0.25, 0.3) is 0 Å². The van der Waals surface area contributed by atoms with E-state index in [0.29, 0.717) is 24.5 Å². The molecule has 0 radical (unpaired) electrons. The van der Waals surface area contributed by atoms with Crippen LogP contribution in [0.5, 0.6) is 0 Å². The third-order valence-corrected chi connectivity index (χ3v) is 6.95. The fourth-order valence-corrected chi connectivity index (χ4v) is 5.19. The second kappa shape index (κ2) is 7.43. The summed E-state index contributed by atoms with van der Waals surface area (Å²) in [7, 11) is -3.47. The Morgan fingerprint density at radius 1 is 1.12 bits per heavy atom. The van der Waals surface area contributed by atoms with Gasteiger partial charge in [0.2, 0.25) is 15.9 Å². The van der Waals surface area contributed by atoms with Crippen LogP contribution in [0.2, 0.25) is 0 Å². The number of benzene rings is 1. The van der Waals surface area contributed by atoms with Crippen LogP contribution in [-0.4, -0.2) is 62.8 Å². The number of rotatable bonds is 4. The number of hydrogen-bond acceptors (Lipinski definition) is 4. The molecule has 1 aromatic rings. The van der Waals surface area contributed by atoms with E-state index in [0.717, 1.165) is 50.1 Å². The summed E-state index contributed by atoms with van der Waals surface area (Å²) in [5.41, 5.74) is 1.80. The summed E-state index contributed by atoms with van der Waals surface area (Å²) in [5.74, 6) is 0.00334. The lowest BCUT2D eigenvalue weighted by Crippen LogP contribution is -2.48. The van der Waals surface area contributed by atoms with E-state index in [9.17, 15) is 13.2 Å². The number of nitrogens with zero attached hydrogens (tertiary/aromatic N) is 3. The van der Waals surface area contributed by atoms with E-state index in [-0.39, 0.29) is 5.91 Å². The van der Waals surface area contributed by atoms with Crippen LogP contribution < -0.4 is 4.90 Å². The molecule has 0 bridgehead atoms. The first kappa shape index (κ1) is 18.4. The number of anilines is 1. The van der Waals surface area contributed by atoms with Crippen LogP contribution in [0.3, 0.4) is 0 Å². The molecule has 0 aromatic heterocycles. The van der Waals surface area contributed by atoms with Crippen LogP contribution in [0, 0.1) is 0 Å². The molecule has 1 amide bonds. The van der Waals surface area contributed by atoms with Gasteiger partial charge in [0.15, 0.2) is 0 Å². The lowest BCUT2D eigenvalue weighted by atomic mass is 10.0. The quantitative estimate of drug-likeness (QED) is 0.815. The molecule has 2 aliphatic heterocycles. The number of carbonyl (C=O) groups is 1. The minimum atomic E-state index is -3.47. The van der Waals surface area contributed by atoms with Crippen LogP contribution in [0.15, 0.2) is 23.1 Å². The summed E-state index contributed by atoms with van der Waals surface area (Å²) in [5, 5.41) is 0. The van der Waals surface area contributed by atoms with Crippen LogP contribution in [-0.2, 0) is 21.2 Å². The topological polar surface area (TPSA) is 60.9 Å². The lowest BCUT2D eigenvalue weighted by molar-refractivity contribution is -0.116. The molecule has 2 heterocycles. The van der Waals surface area contributed by atoms with E-state index in [2.05, 4.69) is 11.8 Å². The molecule has 1 fully saturated rings. The van der Waals surface area contributed by atoms with Crippen molar-refractivity contribution in [3.63, 3.8) is 0 Å². The second-order valence-corrected chi connectivity index (χ2v) is 8.75. The average molecular weight is 365 g/mol. The molecule has 0 spiro atoms. The Balaban J connectivity index is 1.81. The van der Waals surface area contributed by atoms with Crippen LogP contribution in [0.1, 0.15) is 32.3 Å². The van der Waals surface area contributed by atoms with Crippen molar-refractivity contribution in [1.82, 2.24) is 9.21 Å². The van der Waals surface area contributed by atoms with Gasteiger partial charge in [-0.25, -0.2) is 8.42 Å². The predicted molar refractivity (Wildman–Crippen MR) is 98.3 cm³/mol. The highest BCUT2D eigenvalue weighted by molar-refractivity contribution is 7.89. The zero-order chi connectivity index (χ0) is 18.0. The van der Waals surface area contributed by atoms with Crippen LogP contribution in [0.4, 0.5) is 5.69 Å². The molecular formula is C18H27N3O3S. The van der Waals surface area contributed by atoms with Crippen molar-refractivity contribution >= 4 is 21.6 Å². The summed E-state index contributed by atoms with van der Waals surface area (Å²) in [6, 6.07) is 5.20. The second-order valence-electron chi connectivity index (χ2n) is 6.81. The first-order valence-corrected chi connectivity index (χ1v) is 10.5. The average Bonchev–Trinajstić information content (AvgIpc) is 2.61. The predicted octanol–water partition coefficient (Wildman–Crippen LogP) is 1.70. The van der Waals surface area contributed by atoms with Gasteiger partial charge < -0.3 is 9.80 Å². The van der Waals surface area contributed by atoms with E-state index >= 15 is 0 Å². The van der Waals surface area contributed by atoms with Gasteiger partial charge in [-0.15, -0.1) is 0 Å². The monoisotopic (exact) mass is 365 g/mol. The highest BCUT2D eigenvalue weighted by Crippen LogP contribution is 2.30. The number of carbonyl (C=O) groups excluding carboxylic acids is 1. The summed E-state index contributed by atoms with van der Waals surface area (Å²) >= 11 is 0. The van der Waals surface area contributed by atoms with E-state index in [1.165, 1.54) is 0 Å². The van der Waals surface area contributed by atoms with E-state index in [1.807, 2.05) is 0 Å². The van der Waals surface area contributed by atoms with Gasteiger partial charge in [0.1, 0.15) is 0 Å². The van der Waals surface area contributed by atoms with Crippen molar-refractivity contribution in [2.75, 3.05) is 44.2 Å². The van der Waals surface area contributed by atoms with Crippen molar-refractivity contribution in [3.8, 4) is 0 Å². The van der Waals surface area contributed by atoms with Gasteiger partial charge in [0.05, 0.1) is 4.90 Å². The largest absolute Gasteiger partial charge is 0.312 e. The van der Waals surface area contributed by atoms with E-state index < -0.39 is 10.0 Å². The zero-order valence-electron chi connectivity index (χ0n) is 15.1. The Hall–Kier alpha value is -1.44. The maximum absolute atomic E-state index is 13.0. The van der Waals surface area contributed by atoms with Crippen molar-refractivity contribution < 1.29 is 13.2 Å². The highest BCUT2D eigenvalue weighted by Gasteiger charge is 2.29. The Kier molecular flexibility index (Phi) is 5.46. The summed E-state index contributed by atoms with van der Waals surface area (Å²) in [6.07, 6.45) is 2.77. The molecule has 0 saturated carbocycles. The van der Waals surface area contributed by atoms with Gasteiger partial charge in [0, 0.05) is 45.3 Å². The van der Waals surface area contributed by atoms with E-state index in [4.69, 9.17) is 0 Å². The van der Waals surface area contributed by atoms with Gasteiger partial charge >= 0.3 is 0 Å². The minimum absolute atomic E-state index is 0.00334. The van der Waals surface area contributed by atoms with Gasteiger partial charge in [-0.2, -0.15) is 4.31 Å². The molecular weight excluding hydrogens is 338 g/mol. The van der Waals surface area contributed by atoms with Gasteiger partial charge in [-0.3, -0.25) is 4.79 Å². The van der Waals surface area contributed by atoms with Crippen molar-refractivity contribution in [3.05, 3.63) is 23.8 Å². The molecule has 25 heavy (non-hydrogen) atoms. The van der Waals surface area contributed by atoms with Gasteiger partial charge in [-0.1, -0.05) is 6.92 Å². The number of piperazine rings is 1. The Morgan fingerprint density at radius 2 is 1.84 bits per heavy atom. The standard InChI is InChI=1S/C18H27N3O3S/c1-3-8-19-10-12-20(13-11-19)25(23,24)17-6-7-18-16(14-17)5-4-9-21(18)15(2)22/h6-7,14H,3-5,8-13H2,1-2H3. The maximum Gasteiger partial charge on any atom is 0.243 e. The molecule has 1 aromatic carbocycles. The molecule has 0 aliphatic carbocycles. The maximum atomic E-state index is 13.0. The fraction of sp³-hybridized carbons (Fsp3) is 0.611. The molecule has 2 aliphatic rings. The fourth-order valence-electron chi connectivity index (χ4n) is 3.72. The molecule has 7 heteroatoms. The molecule has 6 nitrogen and oxygen atoms in total. The number of hydrogen-bond donors (Lipinski definition) is 0. The van der Waals surface area contributed by atoms with Crippen molar-refractivity contribution in [2.45, 2.75) is 38.0 Å². The number of sulfonamides is 1. The molecule has 0 unspecified atom stereocenters. The van der Waals surface area contributed by atoms with Gasteiger partial charge in [-0.05, 0) is 49.6 Å². The lowest BCUT2D eigenvalue weighted by Gasteiger charge is -2.34. The highest BCUT2D eigenvalue weighted by atomic mass is 32.2. The SMILES string of the molecule is CCCN1CCN(S(=O)(=O)c2ccc3c(c2)CCCN3C(C)=O)CC1. The van der Waals surface area contributed by atoms with Crippen molar-refractivity contribution in [2.24, 2.45) is 0 Å². The number of aryl methyl sites for hydroxylation is 1. The minimum Gasteiger partial charge on any atom is -0.312 e. The van der Waals surface area contributed by atoms with E-state index in [1.54, 1.807) is 34.3 Å².